The van der Waals surface area contributed by atoms with Crippen LogP contribution >= 0.6 is 0 Å². The van der Waals surface area contributed by atoms with E-state index >= 15 is 0 Å². The molecule has 2 rings (SSSR count). The maximum absolute atomic E-state index is 9.27. The van der Waals surface area contributed by atoms with Crippen molar-refractivity contribution in [2.24, 2.45) is 0 Å². The molecule has 1 aromatic heterocycles. The number of hydrogen-bond donors (Lipinski definition) is 2. The van der Waals surface area contributed by atoms with Crippen LogP contribution in [0.1, 0.15) is 24.5 Å². The molecule has 0 aromatic carbocycles. The number of pyridine rings is 1. The summed E-state index contributed by atoms with van der Waals surface area (Å²) in [4.78, 5) is 3.92. The fourth-order valence-corrected chi connectivity index (χ4v) is 1.69. The van der Waals surface area contributed by atoms with E-state index in [0.29, 0.717) is 12.3 Å². The van der Waals surface area contributed by atoms with Crippen molar-refractivity contribution in [1.82, 2.24) is 4.98 Å². The van der Waals surface area contributed by atoms with Crippen LogP contribution in [0.25, 0.3) is 0 Å². The van der Waals surface area contributed by atoms with Gasteiger partial charge in [-0.3, -0.25) is 4.98 Å². The Balaban J connectivity index is 2.12. The van der Waals surface area contributed by atoms with Crippen LogP contribution in [0, 0.1) is 0 Å². The number of aromatic nitrogens is 1. The number of aliphatic hydroxyl groups is 1. The highest BCUT2D eigenvalue weighted by atomic mass is 16.5. The summed E-state index contributed by atoms with van der Waals surface area (Å²) in [7, 11) is 0. The minimum absolute atomic E-state index is 0.0152. The molecule has 0 amide bonds. The molecule has 0 unspecified atom stereocenters. The standard InChI is InChI=1S/C10H14N2O2/c11-9-5-12-4-3-8(9)10-2-1-7(13)6-14-10/h3-5,7,10,13H,1-2,6,11H2/t7-,10+/m1/s1. The van der Waals surface area contributed by atoms with Gasteiger partial charge >= 0.3 is 0 Å². The summed E-state index contributed by atoms with van der Waals surface area (Å²) in [5, 5.41) is 9.27. The maximum Gasteiger partial charge on any atom is 0.0848 e. The van der Waals surface area contributed by atoms with E-state index in [0.717, 1.165) is 18.4 Å². The highest BCUT2D eigenvalue weighted by Crippen LogP contribution is 2.30. The highest BCUT2D eigenvalue weighted by Gasteiger charge is 2.22. The second-order valence-electron chi connectivity index (χ2n) is 3.56. The Labute approximate surface area is 82.7 Å². The Kier molecular flexibility index (Phi) is 2.65. The van der Waals surface area contributed by atoms with Crippen LogP contribution in [-0.4, -0.2) is 22.8 Å². The summed E-state index contributed by atoms with van der Waals surface area (Å²) in [5.74, 6) is 0. The minimum atomic E-state index is -0.325. The summed E-state index contributed by atoms with van der Waals surface area (Å²) in [6.45, 7) is 0.395. The molecule has 4 heteroatoms. The van der Waals surface area contributed by atoms with Gasteiger partial charge in [-0.15, -0.1) is 0 Å². The van der Waals surface area contributed by atoms with Gasteiger partial charge in [0.1, 0.15) is 0 Å². The number of aliphatic hydroxyl groups excluding tert-OH is 1. The third-order valence-electron chi connectivity index (χ3n) is 2.49. The normalized spacial score (nSPS) is 27.5. The van der Waals surface area contributed by atoms with Crippen LogP contribution in [-0.2, 0) is 4.74 Å². The van der Waals surface area contributed by atoms with Gasteiger partial charge in [0.15, 0.2) is 0 Å². The molecular formula is C10H14N2O2. The smallest absolute Gasteiger partial charge is 0.0848 e. The monoisotopic (exact) mass is 194 g/mol. The Bertz CT molecular complexity index is 309. The van der Waals surface area contributed by atoms with Crippen LogP contribution in [0.15, 0.2) is 18.5 Å². The lowest BCUT2D eigenvalue weighted by atomic mass is 10.00. The Morgan fingerprint density at radius 3 is 3.00 bits per heavy atom. The van der Waals surface area contributed by atoms with Crippen LogP contribution in [0.2, 0.25) is 0 Å². The maximum atomic E-state index is 9.27. The summed E-state index contributed by atoms with van der Waals surface area (Å²) in [6.07, 6.45) is 4.61. The van der Waals surface area contributed by atoms with Crippen molar-refractivity contribution in [3.8, 4) is 0 Å². The molecule has 1 saturated heterocycles. The summed E-state index contributed by atoms with van der Waals surface area (Å²) >= 11 is 0. The van der Waals surface area contributed by atoms with Gasteiger partial charge in [-0.25, -0.2) is 0 Å². The lowest BCUT2D eigenvalue weighted by Gasteiger charge is -2.26. The first-order valence-corrected chi connectivity index (χ1v) is 4.76. The van der Waals surface area contributed by atoms with Crippen molar-refractivity contribution in [2.45, 2.75) is 25.0 Å². The summed E-state index contributed by atoms with van der Waals surface area (Å²) < 4.78 is 5.50. The fraction of sp³-hybridized carbons (Fsp3) is 0.500. The van der Waals surface area contributed by atoms with Crippen LogP contribution in [0.5, 0.6) is 0 Å². The predicted octanol–water partition coefficient (Wildman–Crippen LogP) is 0.876. The molecule has 1 fully saturated rings. The lowest BCUT2D eigenvalue weighted by Crippen LogP contribution is -2.25. The second kappa shape index (κ2) is 3.94. The van der Waals surface area contributed by atoms with Crippen molar-refractivity contribution >= 4 is 5.69 Å². The van der Waals surface area contributed by atoms with E-state index in [4.69, 9.17) is 10.5 Å². The van der Waals surface area contributed by atoms with Crippen molar-refractivity contribution in [3.63, 3.8) is 0 Å². The topological polar surface area (TPSA) is 68.4 Å². The molecule has 0 aliphatic carbocycles. The van der Waals surface area contributed by atoms with Gasteiger partial charge in [0.2, 0.25) is 0 Å². The Morgan fingerprint density at radius 2 is 2.36 bits per heavy atom. The summed E-state index contributed by atoms with van der Waals surface area (Å²) in [5.41, 5.74) is 7.42. The predicted molar refractivity (Wildman–Crippen MR) is 52.6 cm³/mol. The molecule has 76 valence electrons. The van der Waals surface area contributed by atoms with Gasteiger partial charge in [0, 0.05) is 11.8 Å². The SMILES string of the molecule is Nc1cnccc1[C@@H]1CC[C@@H](O)CO1. The number of anilines is 1. The molecule has 14 heavy (non-hydrogen) atoms. The average molecular weight is 194 g/mol. The fourth-order valence-electron chi connectivity index (χ4n) is 1.69. The lowest BCUT2D eigenvalue weighted by molar-refractivity contribution is -0.0565. The number of nitrogens with zero attached hydrogens (tertiary/aromatic N) is 1. The molecule has 1 aliphatic heterocycles. The third kappa shape index (κ3) is 1.86. The van der Waals surface area contributed by atoms with Crippen LogP contribution in [0.3, 0.4) is 0 Å². The average Bonchev–Trinajstić information content (AvgIpc) is 2.20. The number of ether oxygens (including phenoxy) is 1. The zero-order chi connectivity index (χ0) is 9.97. The highest BCUT2D eigenvalue weighted by molar-refractivity contribution is 5.45. The van der Waals surface area contributed by atoms with E-state index in [1.165, 1.54) is 0 Å². The zero-order valence-corrected chi connectivity index (χ0v) is 7.89. The molecule has 0 radical (unpaired) electrons. The van der Waals surface area contributed by atoms with Gasteiger partial charge in [0.25, 0.3) is 0 Å². The van der Waals surface area contributed by atoms with Crippen LogP contribution < -0.4 is 5.73 Å². The molecule has 4 nitrogen and oxygen atoms in total. The van der Waals surface area contributed by atoms with E-state index < -0.39 is 0 Å². The van der Waals surface area contributed by atoms with Crippen molar-refractivity contribution < 1.29 is 9.84 Å². The van der Waals surface area contributed by atoms with Gasteiger partial charge < -0.3 is 15.6 Å². The molecule has 2 atom stereocenters. The Morgan fingerprint density at radius 1 is 1.50 bits per heavy atom. The number of nitrogen functional groups attached to an aromatic ring is 1. The van der Waals surface area contributed by atoms with Crippen LogP contribution in [0.4, 0.5) is 5.69 Å². The first-order chi connectivity index (χ1) is 6.77. The molecule has 0 bridgehead atoms. The first kappa shape index (κ1) is 9.43. The van der Waals surface area contributed by atoms with Gasteiger partial charge in [-0.1, -0.05) is 0 Å². The molecule has 1 aliphatic rings. The van der Waals surface area contributed by atoms with Crippen molar-refractivity contribution in [2.75, 3.05) is 12.3 Å². The molecule has 1 aromatic rings. The van der Waals surface area contributed by atoms with Crippen molar-refractivity contribution in [3.05, 3.63) is 24.0 Å². The second-order valence-corrected chi connectivity index (χ2v) is 3.56. The van der Waals surface area contributed by atoms with Gasteiger partial charge in [0.05, 0.1) is 30.7 Å². The number of hydrogen-bond acceptors (Lipinski definition) is 4. The minimum Gasteiger partial charge on any atom is -0.397 e. The molecule has 2 heterocycles. The van der Waals surface area contributed by atoms with Gasteiger partial charge in [-0.2, -0.15) is 0 Å². The van der Waals surface area contributed by atoms with E-state index in [9.17, 15) is 5.11 Å². The third-order valence-corrected chi connectivity index (χ3v) is 2.49. The van der Waals surface area contributed by atoms with E-state index in [-0.39, 0.29) is 12.2 Å². The van der Waals surface area contributed by atoms with E-state index in [1.807, 2.05) is 6.07 Å². The quantitative estimate of drug-likeness (QED) is 0.696. The molecule has 3 N–H and O–H groups in total. The summed E-state index contributed by atoms with van der Waals surface area (Å²) in [6, 6.07) is 1.87. The molecule has 0 spiro atoms. The largest absolute Gasteiger partial charge is 0.397 e. The number of rotatable bonds is 1. The number of nitrogens with two attached hydrogens (primary N) is 1. The van der Waals surface area contributed by atoms with Crippen molar-refractivity contribution in [1.29, 1.82) is 0 Å². The molecular weight excluding hydrogens is 180 g/mol. The van der Waals surface area contributed by atoms with Gasteiger partial charge in [-0.05, 0) is 18.9 Å². The zero-order valence-electron chi connectivity index (χ0n) is 7.89. The first-order valence-electron chi connectivity index (χ1n) is 4.76. The molecule has 0 saturated carbocycles. The Hall–Kier alpha value is -1.13. The van der Waals surface area contributed by atoms with E-state index in [1.54, 1.807) is 12.4 Å². The van der Waals surface area contributed by atoms with E-state index in [2.05, 4.69) is 4.98 Å².